The molecule has 0 spiro atoms. The Morgan fingerprint density at radius 1 is 1.50 bits per heavy atom. The van der Waals surface area contributed by atoms with Gasteiger partial charge in [-0.3, -0.25) is 4.90 Å². The molecule has 0 amide bonds. The van der Waals surface area contributed by atoms with Gasteiger partial charge in [-0.2, -0.15) is 11.8 Å². The predicted molar refractivity (Wildman–Crippen MR) is 68.4 cm³/mol. The Bertz CT molecular complexity index is 321. The van der Waals surface area contributed by atoms with Crippen molar-refractivity contribution < 1.29 is 13.5 Å². The normalized spacial score (nSPS) is 24.6. The summed E-state index contributed by atoms with van der Waals surface area (Å²) in [6.45, 7) is 6.25. The van der Waals surface area contributed by atoms with Gasteiger partial charge in [0, 0.05) is 30.3 Å². The lowest BCUT2D eigenvalue weighted by Crippen LogP contribution is -2.52. The molecule has 16 heavy (non-hydrogen) atoms. The number of rotatable bonds is 4. The maximum Gasteiger partial charge on any atom is 0.166 e. The SMILES string of the molecule is CCS(=O)(=O)C1CSCCN1CC(C)(C)O. The highest BCUT2D eigenvalue weighted by molar-refractivity contribution is 8.01. The number of thioether (sulfide) groups is 1. The van der Waals surface area contributed by atoms with Gasteiger partial charge >= 0.3 is 0 Å². The van der Waals surface area contributed by atoms with Crippen LogP contribution in [-0.2, 0) is 9.84 Å². The number of β-amino-alcohol motifs (C(OH)–C–C–N with tert-alkyl or cyclic N) is 1. The molecule has 6 heteroatoms. The van der Waals surface area contributed by atoms with Gasteiger partial charge in [-0.25, -0.2) is 8.42 Å². The Morgan fingerprint density at radius 2 is 2.12 bits per heavy atom. The van der Waals surface area contributed by atoms with E-state index in [2.05, 4.69) is 0 Å². The van der Waals surface area contributed by atoms with Crippen molar-refractivity contribution in [3.05, 3.63) is 0 Å². The van der Waals surface area contributed by atoms with Crippen LogP contribution in [0.25, 0.3) is 0 Å². The minimum Gasteiger partial charge on any atom is -0.389 e. The van der Waals surface area contributed by atoms with E-state index >= 15 is 0 Å². The second-order valence-electron chi connectivity index (χ2n) is 4.76. The lowest BCUT2D eigenvalue weighted by atomic mass is 10.1. The zero-order valence-electron chi connectivity index (χ0n) is 10.1. The first kappa shape index (κ1) is 14.3. The number of sulfone groups is 1. The second kappa shape index (κ2) is 5.25. The Morgan fingerprint density at radius 3 is 2.62 bits per heavy atom. The molecule has 0 bridgehead atoms. The summed E-state index contributed by atoms with van der Waals surface area (Å²) >= 11 is 1.67. The summed E-state index contributed by atoms with van der Waals surface area (Å²) in [7, 11) is -3.05. The van der Waals surface area contributed by atoms with Crippen LogP contribution in [0.1, 0.15) is 20.8 Å². The van der Waals surface area contributed by atoms with Gasteiger partial charge in [0.05, 0.1) is 5.60 Å². The molecule has 1 heterocycles. The molecule has 0 aliphatic carbocycles. The highest BCUT2D eigenvalue weighted by atomic mass is 32.2. The van der Waals surface area contributed by atoms with Crippen LogP contribution in [0.3, 0.4) is 0 Å². The predicted octanol–water partition coefficient (Wildman–Crippen LogP) is 0.567. The molecule has 1 unspecified atom stereocenters. The van der Waals surface area contributed by atoms with Crippen molar-refractivity contribution in [2.75, 3.05) is 30.3 Å². The Balaban J connectivity index is 2.80. The molecular weight excluding hydrogens is 246 g/mol. The topological polar surface area (TPSA) is 57.6 Å². The molecule has 0 aromatic heterocycles. The molecule has 0 radical (unpaired) electrons. The highest BCUT2D eigenvalue weighted by Crippen LogP contribution is 2.23. The zero-order valence-corrected chi connectivity index (χ0v) is 11.8. The Labute approximate surface area is 102 Å². The van der Waals surface area contributed by atoms with Gasteiger partial charge in [0.2, 0.25) is 0 Å². The summed E-state index contributed by atoms with van der Waals surface area (Å²) in [5.74, 6) is 1.72. The van der Waals surface area contributed by atoms with Crippen LogP contribution in [0.4, 0.5) is 0 Å². The summed E-state index contributed by atoms with van der Waals surface area (Å²) in [6, 6.07) is 0. The van der Waals surface area contributed by atoms with Crippen molar-refractivity contribution in [2.45, 2.75) is 31.7 Å². The number of aliphatic hydroxyl groups is 1. The molecule has 1 fully saturated rings. The standard InChI is InChI=1S/C10H21NO3S2/c1-4-16(13,14)9-7-15-6-5-11(9)8-10(2,3)12/h9,12H,4-8H2,1-3H3. The fourth-order valence-electron chi connectivity index (χ4n) is 1.82. The first-order chi connectivity index (χ1) is 7.26. The van der Waals surface area contributed by atoms with Crippen molar-refractivity contribution >= 4 is 21.6 Å². The Kier molecular flexibility index (Phi) is 4.68. The molecule has 1 rings (SSSR count). The van der Waals surface area contributed by atoms with Crippen LogP contribution in [0.15, 0.2) is 0 Å². The average Bonchev–Trinajstić information content (AvgIpc) is 2.16. The van der Waals surface area contributed by atoms with E-state index in [-0.39, 0.29) is 5.75 Å². The van der Waals surface area contributed by atoms with E-state index in [0.717, 1.165) is 12.3 Å². The van der Waals surface area contributed by atoms with Crippen molar-refractivity contribution in [2.24, 2.45) is 0 Å². The van der Waals surface area contributed by atoms with Crippen molar-refractivity contribution in [3.63, 3.8) is 0 Å². The molecule has 1 aliphatic heterocycles. The van der Waals surface area contributed by atoms with Gasteiger partial charge in [-0.1, -0.05) is 6.92 Å². The third-order valence-corrected chi connectivity index (χ3v) is 5.93. The quantitative estimate of drug-likeness (QED) is 0.807. The molecule has 0 aromatic rings. The second-order valence-corrected chi connectivity index (χ2v) is 8.36. The van der Waals surface area contributed by atoms with Gasteiger partial charge in [0.25, 0.3) is 0 Å². The smallest absolute Gasteiger partial charge is 0.166 e. The van der Waals surface area contributed by atoms with E-state index in [0.29, 0.717) is 12.3 Å². The Hall–Kier alpha value is 0.220. The van der Waals surface area contributed by atoms with Gasteiger partial charge in [0.15, 0.2) is 9.84 Å². The molecular formula is C10H21NO3S2. The van der Waals surface area contributed by atoms with E-state index in [1.807, 2.05) is 4.90 Å². The minimum atomic E-state index is -3.05. The van der Waals surface area contributed by atoms with E-state index in [1.165, 1.54) is 0 Å². The molecule has 4 nitrogen and oxygen atoms in total. The molecule has 1 N–H and O–H groups in total. The van der Waals surface area contributed by atoms with Crippen LogP contribution in [0.2, 0.25) is 0 Å². The fraction of sp³-hybridized carbons (Fsp3) is 1.00. The highest BCUT2D eigenvalue weighted by Gasteiger charge is 2.35. The van der Waals surface area contributed by atoms with E-state index in [9.17, 15) is 13.5 Å². The third-order valence-electron chi connectivity index (χ3n) is 2.60. The largest absolute Gasteiger partial charge is 0.389 e. The summed E-state index contributed by atoms with van der Waals surface area (Å²) < 4.78 is 23.8. The summed E-state index contributed by atoms with van der Waals surface area (Å²) in [5, 5.41) is 9.35. The monoisotopic (exact) mass is 267 g/mol. The van der Waals surface area contributed by atoms with Gasteiger partial charge in [-0.05, 0) is 13.8 Å². The lowest BCUT2D eigenvalue weighted by Gasteiger charge is -2.37. The van der Waals surface area contributed by atoms with Crippen LogP contribution in [-0.4, -0.2) is 59.7 Å². The number of hydrogen-bond donors (Lipinski definition) is 1. The van der Waals surface area contributed by atoms with Crippen LogP contribution >= 0.6 is 11.8 Å². The molecule has 96 valence electrons. The molecule has 0 saturated carbocycles. The third kappa shape index (κ3) is 3.91. The molecule has 1 atom stereocenters. The summed E-state index contributed by atoms with van der Waals surface area (Å²) in [6.07, 6.45) is 0. The minimum absolute atomic E-state index is 0.167. The van der Waals surface area contributed by atoms with Gasteiger partial charge in [0.1, 0.15) is 5.37 Å². The zero-order chi connectivity index (χ0) is 12.4. The maximum absolute atomic E-state index is 11.9. The first-order valence-corrected chi connectivity index (χ1v) is 8.39. The first-order valence-electron chi connectivity index (χ1n) is 5.52. The van der Waals surface area contributed by atoms with Crippen LogP contribution < -0.4 is 0 Å². The number of nitrogens with zero attached hydrogens (tertiary/aromatic N) is 1. The maximum atomic E-state index is 11.9. The van der Waals surface area contributed by atoms with Crippen LogP contribution in [0.5, 0.6) is 0 Å². The average molecular weight is 267 g/mol. The molecule has 1 saturated heterocycles. The van der Waals surface area contributed by atoms with Gasteiger partial charge < -0.3 is 5.11 Å². The fourth-order valence-corrected chi connectivity index (χ4v) is 4.90. The summed E-state index contributed by atoms with van der Waals surface area (Å²) in [4.78, 5) is 1.90. The van der Waals surface area contributed by atoms with Gasteiger partial charge in [-0.15, -0.1) is 0 Å². The lowest BCUT2D eigenvalue weighted by molar-refractivity contribution is 0.0349. The van der Waals surface area contributed by atoms with Crippen molar-refractivity contribution in [3.8, 4) is 0 Å². The van der Waals surface area contributed by atoms with E-state index in [1.54, 1.807) is 32.5 Å². The van der Waals surface area contributed by atoms with E-state index < -0.39 is 20.8 Å². The molecule has 0 aromatic carbocycles. The van der Waals surface area contributed by atoms with E-state index in [4.69, 9.17) is 0 Å². The van der Waals surface area contributed by atoms with Crippen LogP contribution in [0, 0.1) is 0 Å². The van der Waals surface area contributed by atoms with Crippen molar-refractivity contribution in [1.82, 2.24) is 4.90 Å². The van der Waals surface area contributed by atoms with Crippen molar-refractivity contribution in [1.29, 1.82) is 0 Å². The number of hydrogen-bond acceptors (Lipinski definition) is 5. The molecule has 1 aliphatic rings. The summed E-state index contributed by atoms with van der Waals surface area (Å²) in [5.41, 5.74) is -0.844.